The second-order valence-electron chi connectivity index (χ2n) is 4.27. The van der Waals surface area contributed by atoms with Gasteiger partial charge in [-0.05, 0) is 46.6 Å². The predicted molar refractivity (Wildman–Crippen MR) is 87.1 cm³/mol. The number of aryl methyl sites for hydroxylation is 1. The first-order valence-electron chi connectivity index (χ1n) is 5.49. The zero-order valence-electron chi connectivity index (χ0n) is 10.4. The molecule has 0 spiro atoms. The first-order chi connectivity index (χ1) is 8.79. The number of hydrogen-bond donors (Lipinski definition) is 0. The van der Waals surface area contributed by atoms with Gasteiger partial charge in [-0.1, -0.05) is 28.1 Å². The van der Waals surface area contributed by atoms with Crippen LogP contribution in [0.15, 0.2) is 39.7 Å². The van der Waals surface area contributed by atoms with E-state index in [4.69, 9.17) is 0 Å². The van der Waals surface area contributed by atoms with Crippen molar-refractivity contribution in [3.05, 3.63) is 50.1 Å². The van der Waals surface area contributed by atoms with Gasteiger partial charge < -0.3 is 0 Å². The van der Waals surface area contributed by atoms with Gasteiger partial charge in [-0.3, -0.25) is 0 Å². The molecule has 0 aliphatic heterocycles. The van der Waals surface area contributed by atoms with Gasteiger partial charge in [0, 0.05) is 20.5 Å². The molecule has 1 atom stereocenters. The standard InChI is InChI=1S/C13H12Br2O2S2/c1-8-7-11(14)13(18-8)12(15)9-3-5-10(6-4-9)19(2,16)17/h3-7,12H,1-2H3. The fourth-order valence-electron chi connectivity index (χ4n) is 1.71. The molecule has 19 heavy (non-hydrogen) atoms. The molecule has 0 aliphatic carbocycles. The molecule has 1 unspecified atom stereocenters. The Bertz CT molecular complexity index is 688. The molecule has 6 heteroatoms. The maximum absolute atomic E-state index is 11.4. The first kappa shape index (κ1) is 15.2. The molecule has 0 bridgehead atoms. The van der Waals surface area contributed by atoms with E-state index in [0.29, 0.717) is 4.90 Å². The molecular weight excluding hydrogens is 412 g/mol. The van der Waals surface area contributed by atoms with Gasteiger partial charge in [0.1, 0.15) is 0 Å². The van der Waals surface area contributed by atoms with Crippen LogP contribution in [0.1, 0.15) is 20.1 Å². The molecule has 0 aliphatic rings. The molecule has 2 nitrogen and oxygen atoms in total. The van der Waals surface area contributed by atoms with Gasteiger partial charge in [0.15, 0.2) is 9.84 Å². The van der Waals surface area contributed by atoms with E-state index in [1.54, 1.807) is 23.5 Å². The molecule has 1 aromatic carbocycles. The summed E-state index contributed by atoms with van der Waals surface area (Å²) in [5, 5.41) is 0. The van der Waals surface area contributed by atoms with E-state index in [-0.39, 0.29) is 4.83 Å². The molecule has 0 amide bonds. The lowest BCUT2D eigenvalue weighted by Gasteiger charge is -2.09. The number of halogens is 2. The molecule has 2 aromatic rings. The van der Waals surface area contributed by atoms with Crippen LogP contribution in [0.5, 0.6) is 0 Å². The maximum atomic E-state index is 11.4. The Morgan fingerprint density at radius 2 is 1.79 bits per heavy atom. The van der Waals surface area contributed by atoms with Crippen LogP contribution in [0.3, 0.4) is 0 Å². The highest BCUT2D eigenvalue weighted by molar-refractivity contribution is 9.11. The second-order valence-corrected chi connectivity index (χ2v) is 9.35. The smallest absolute Gasteiger partial charge is 0.175 e. The lowest BCUT2D eigenvalue weighted by Crippen LogP contribution is -1.98. The van der Waals surface area contributed by atoms with Crippen LogP contribution >= 0.6 is 43.2 Å². The van der Waals surface area contributed by atoms with Gasteiger partial charge in [-0.2, -0.15) is 0 Å². The van der Waals surface area contributed by atoms with E-state index < -0.39 is 9.84 Å². The Kier molecular flexibility index (Phi) is 4.55. The zero-order chi connectivity index (χ0) is 14.2. The van der Waals surface area contributed by atoms with E-state index in [0.717, 1.165) is 10.0 Å². The summed E-state index contributed by atoms with van der Waals surface area (Å²) in [6, 6.07) is 9.06. The topological polar surface area (TPSA) is 34.1 Å². The third-order valence-corrected chi connectivity index (χ3v) is 7.12. The Balaban J connectivity index is 2.35. The Hall–Kier alpha value is -0.170. The minimum atomic E-state index is -3.14. The molecule has 1 heterocycles. The summed E-state index contributed by atoms with van der Waals surface area (Å²) in [5.74, 6) is 0. The fourth-order valence-corrected chi connectivity index (χ4v) is 5.37. The maximum Gasteiger partial charge on any atom is 0.175 e. The Labute approximate surface area is 134 Å². The third-order valence-electron chi connectivity index (χ3n) is 2.67. The monoisotopic (exact) mass is 422 g/mol. The number of thiophene rings is 1. The summed E-state index contributed by atoms with van der Waals surface area (Å²) in [6.45, 7) is 2.06. The molecule has 102 valence electrons. The highest BCUT2D eigenvalue weighted by Crippen LogP contribution is 2.40. The second kappa shape index (κ2) is 5.68. The van der Waals surface area contributed by atoms with E-state index >= 15 is 0 Å². The van der Waals surface area contributed by atoms with Crippen molar-refractivity contribution in [2.75, 3.05) is 6.26 Å². The van der Waals surface area contributed by atoms with Crippen LogP contribution in [0, 0.1) is 6.92 Å². The minimum absolute atomic E-state index is 0.0641. The van der Waals surface area contributed by atoms with Gasteiger partial charge >= 0.3 is 0 Å². The molecule has 0 saturated heterocycles. The number of hydrogen-bond acceptors (Lipinski definition) is 3. The van der Waals surface area contributed by atoms with Crippen molar-refractivity contribution in [1.82, 2.24) is 0 Å². The predicted octanol–water partition coefficient (Wildman–Crippen LogP) is 4.71. The van der Waals surface area contributed by atoms with Crippen molar-refractivity contribution in [3.8, 4) is 0 Å². The van der Waals surface area contributed by atoms with Crippen molar-refractivity contribution in [2.24, 2.45) is 0 Å². The summed E-state index contributed by atoms with van der Waals surface area (Å²) >= 11 is 8.93. The van der Waals surface area contributed by atoms with Crippen LogP contribution in [0.4, 0.5) is 0 Å². The first-order valence-corrected chi connectivity index (χ1v) is 9.90. The number of alkyl halides is 1. The number of benzene rings is 1. The van der Waals surface area contributed by atoms with Gasteiger partial charge in [0.05, 0.1) is 9.72 Å². The van der Waals surface area contributed by atoms with Crippen LogP contribution in [0.2, 0.25) is 0 Å². The molecule has 0 saturated carbocycles. The quantitative estimate of drug-likeness (QED) is 0.670. The summed E-state index contributed by atoms with van der Waals surface area (Å²) in [5.41, 5.74) is 1.04. The van der Waals surface area contributed by atoms with Crippen LogP contribution in [-0.2, 0) is 9.84 Å². The Morgan fingerprint density at radius 1 is 1.21 bits per heavy atom. The van der Waals surface area contributed by atoms with E-state index in [9.17, 15) is 8.42 Å². The third kappa shape index (κ3) is 3.48. The van der Waals surface area contributed by atoms with Gasteiger partial charge in [0.2, 0.25) is 0 Å². The van der Waals surface area contributed by atoms with Crippen molar-refractivity contribution in [1.29, 1.82) is 0 Å². The molecule has 0 N–H and O–H groups in total. The van der Waals surface area contributed by atoms with Crippen molar-refractivity contribution >= 4 is 53.0 Å². The summed E-state index contributed by atoms with van der Waals surface area (Å²) in [7, 11) is -3.14. The molecule has 0 radical (unpaired) electrons. The van der Waals surface area contributed by atoms with Gasteiger partial charge in [0.25, 0.3) is 0 Å². The highest BCUT2D eigenvalue weighted by atomic mass is 79.9. The van der Waals surface area contributed by atoms with Crippen molar-refractivity contribution < 1.29 is 8.42 Å². The summed E-state index contributed by atoms with van der Waals surface area (Å²) in [6.07, 6.45) is 1.22. The van der Waals surface area contributed by atoms with E-state index in [1.807, 2.05) is 12.1 Å². The minimum Gasteiger partial charge on any atom is -0.224 e. The summed E-state index contributed by atoms with van der Waals surface area (Å²) in [4.78, 5) is 2.83. The number of sulfone groups is 1. The molecule has 0 fully saturated rings. The van der Waals surface area contributed by atoms with Crippen molar-refractivity contribution in [3.63, 3.8) is 0 Å². The molecular formula is C13H12Br2O2S2. The van der Waals surface area contributed by atoms with Crippen LogP contribution < -0.4 is 0 Å². The van der Waals surface area contributed by atoms with Gasteiger partial charge in [-0.15, -0.1) is 11.3 Å². The van der Waals surface area contributed by atoms with E-state index in [2.05, 4.69) is 44.8 Å². The van der Waals surface area contributed by atoms with Crippen LogP contribution in [-0.4, -0.2) is 14.7 Å². The average Bonchev–Trinajstić information content (AvgIpc) is 2.66. The van der Waals surface area contributed by atoms with Crippen molar-refractivity contribution in [2.45, 2.75) is 16.6 Å². The lowest BCUT2D eigenvalue weighted by atomic mass is 10.1. The van der Waals surface area contributed by atoms with E-state index in [1.165, 1.54) is 16.0 Å². The normalized spacial score (nSPS) is 13.5. The highest BCUT2D eigenvalue weighted by Gasteiger charge is 2.17. The molecule has 2 rings (SSSR count). The van der Waals surface area contributed by atoms with Crippen LogP contribution in [0.25, 0.3) is 0 Å². The number of rotatable bonds is 3. The summed E-state index contributed by atoms with van der Waals surface area (Å²) < 4.78 is 23.9. The molecule has 1 aromatic heterocycles. The SMILES string of the molecule is Cc1cc(Br)c(C(Br)c2ccc(S(C)(=O)=O)cc2)s1. The lowest BCUT2D eigenvalue weighted by molar-refractivity contribution is 0.602. The fraction of sp³-hybridized carbons (Fsp3) is 0.231. The largest absolute Gasteiger partial charge is 0.224 e. The Morgan fingerprint density at radius 3 is 2.21 bits per heavy atom. The average molecular weight is 424 g/mol. The zero-order valence-corrected chi connectivity index (χ0v) is 15.2. The van der Waals surface area contributed by atoms with Gasteiger partial charge in [-0.25, -0.2) is 8.42 Å².